The highest BCUT2D eigenvalue weighted by Crippen LogP contribution is 2.35. The van der Waals surface area contributed by atoms with Crippen LogP contribution in [0.4, 0.5) is 0 Å². The number of hydrogen-bond acceptors (Lipinski definition) is 6. The van der Waals surface area contributed by atoms with Crippen molar-refractivity contribution in [1.29, 1.82) is 0 Å². The molecule has 0 unspecified atom stereocenters. The molecular formula is C22H23N3O5S. The first-order chi connectivity index (χ1) is 15.0. The number of amides is 1. The Morgan fingerprint density at radius 2 is 1.87 bits per heavy atom. The van der Waals surface area contributed by atoms with Crippen LogP contribution in [-0.4, -0.2) is 34.7 Å². The molecule has 0 radical (unpaired) electrons. The molecule has 0 aliphatic heterocycles. The van der Waals surface area contributed by atoms with Crippen molar-refractivity contribution in [2.24, 2.45) is 0 Å². The maximum atomic E-state index is 13.1. The van der Waals surface area contributed by atoms with Gasteiger partial charge in [-0.15, -0.1) is 11.3 Å². The monoisotopic (exact) mass is 441 g/mol. The van der Waals surface area contributed by atoms with Gasteiger partial charge in [-0.2, -0.15) is 0 Å². The third-order valence-electron chi connectivity index (χ3n) is 5.46. The van der Waals surface area contributed by atoms with Crippen molar-refractivity contribution in [3.05, 3.63) is 67.2 Å². The number of nitrogens with zero attached hydrogens (tertiary/aromatic N) is 2. The van der Waals surface area contributed by atoms with E-state index in [1.54, 1.807) is 0 Å². The van der Waals surface area contributed by atoms with Gasteiger partial charge >= 0.3 is 11.7 Å². The Labute approximate surface area is 182 Å². The molecule has 3 aromatic rings. The summed E-state index contributed by atoms with van der Waals surface area (Å²) >= 11 is 1.39. The number of aromatic nitrogens is 2. The maximum Gasteiger partial charge on any atom is 0.333 e. The summed E-state index contributed by atoms with van der Waals surface area (Å²) in [6, 6.07) is 9.77. The fourth-order valence-corrected chi connectivity index (χ4v) is 5.29. The summed E-state index contributed by atoms with van der Waals surface area (Å²) < 4.78 is 6.82. The minimum Gasteiger partial charge on any atom is -0.468 e. The van der Waals surface area contributed by atoms with Crippen LogP contribution < -0.4 is 16.6 Å². The third-order valence-corrected chi connectivity index (χ3v) is 6.78. The molecule has 1 amide bonds. The topological polar surface area (TPSA) is 99.4 Å². The third kappa shape index (κ3) is 4.18. The fourth-order valence-electron chi connectivity index (χ4n) is 3.92. The van der Waals surface area contributed by atoms with Gasteiger partial charge < -0.3 is 10.1 Å². The number of benzene rings is 1. The van der Waals surface area contributed by atoms with Crippen molar-refractivity contribution in [2.75, 3.05) is 13.7 Å². The summed E-state index contributed by atoms with van der Waals surface area (Å²) in [4.78, 5) is 52.1. The van der Waals surface area contributed by atoms with Gasteiger partial charge in [0.1, 0.15) is 17.9 Å². The van der Waals surface area contributed by atoms with Crippen LogP contribution in [0.3, 0.4) is 0 Å². The van der Waals surface area contributed by atoms with E-state index in [9.17, 15) is 19.2 Å². The molecule has 8 nitrogen and oxygen atoms in total. The number of carbonyl (C=O) groups excluding carboxylic acids is 2. The lowest BCUT2D eigenvalue weighted by atomic mass is 10.1. The highest BCUT2D eigenvalue weighted by atomic mass is 32.1. The van der Waals surface area contributed by atoms with Gasteiger partial charge in [0.15, 0.2) is 0 Å². The SMILES string of the molecule is COC(=O)Cn1c(=O)c2c3c(sc2n(CC(=O)NCCc2ccccc2)c1=O)CCC3. The first-order valence-corrected chi connectivity index (χ1v) is 11.0. The number of ether oxygens (including phenoxy) is 1. The second-order valence-corrected chi connectivity index (χ2v) is 8.54. The normalized spacial score (nSPS) is 12.7. The Morgan fingerprint density at radius 1 is 1.10 bits per heavy atom. The van der Waals surface area contributed by atoms with E-state index in [4.69, 9.17) is 0 Å². The van der Waals surface area contributed by atoms with Gasteiger partial charge in [0.25, 0.3) is 5.56 Å². The number of methoxy groups -OCH3 is 1. The summed E-state index contributed by atoms with van der Waals surface area (Å²) in [6.45, 7) is -0.265. The summed E-state index contributed by atoms with van der Waals surface area (Å²) in [5.41, 5.74) is 0.858. The maximum absolute atomic E-state index is 13.1. The van der Waals surface area contributed by atoms with E-state index in [0.717, 1.165) is 39.8 Å². The van der Waals surface area contributed by atoms with E-state index in [0.29, 0.717) is 23.2 Å². The van der Waals surface area contributed by atoms with E-state index >= 15 is 0 Å². The number of thiophene rings is 1. The molecular weight excluding hydrogens is 418 g/mol. The summed E-state index contributed by atoms with van der Waals surface area (Å²) in [6.07, 6.45) is 3.23. The molecule has 4 rings (SSSR count). The molecule has 9 heteroatoms. The summed E-state index contributed by atoms with van der Waals surface area (Å²) in [5.74, 6) is -1.01. The summed E-state index contributed by atoms with van der Waals surface area (Å²) in [5, 5.41) is 3.28. The van der Waals surface area contributed by atoms with Gasteiger partial charge in [0.2, 0.25) is 5.91 Å². The van der Waals surface area contributed by atoms with Crippen LogP contribution in [0.1, 0.15) is 22.4 Å². The quantitative estimate of drug-likeness (QED) is 0.557. The lowest BCUT2D eigenvalue weighted by Gasteiger charge is -2.12. The number of carbonyl (C=O) groups is 2. The lowest BCUT2D eigenvalue weighted by molar-refractivity contribution is -0.141. The second-order valence-electron chi connectivity index (χ2n) is 7.46. The molecule has 162 valence electrons. The van der Waals surface area contributed by atoms with Crippen molar-refractivity contribution in [3.63, 3.8) is 0 Å². The molecule has 1 aliphatic rings. The second kappa shape index (κ2) is 8.89. The van der Waals surface area contributed by atoms with Crippen molar-refractivity contribution in [1.82, 2.24) is 14.5 Å². The first-order valence-electron chi connectivity index (χ1n) is 10.1. The minimum atomic E-state index is -0.690. The molecule has 0 spiro atoms. The average molecular weight is 442 g/mol. The number of hydrogen-bond donors (Lipinski definition) is 1. The molecule has 2 aromatic heterocycles. The zero-order valence-electron chi connectivity index (χ0n) is 17.2. The van der Waals surface area contributed by atoms with Gasteiger partial charge in [0, 0.05) is 11.4 Å². The molecule has 1 aromatic carbocycles. The van der Waals surface area contributed by atoms with E-state index in [2.05, 4.69) is 10.1 Å². The Hall–Kier alpha value is -3.20. The lowest BCUT2D eigenvalue weighted by Crippen LogP contribution is -2.44. The van der Waals surface area contributed by atoms with Crippen molar-refractivity contribution in [2.45, 2.75) is 38.8 Å². The van der Waals surface area contributed by atoms with E-state index in [1.807, 2.05) is 30.3 Å². The fraction of sp³-hybridized carbons (Fsp3) is 0.364. The van der Waals surface area contributed by atoms with Crippen molar-refractivity contribution >= 4 is 33.4 Å². The number of rotatable bonds is 7. The minimum absolute atomic E-state index is 0.217. The highest BCUT2D eigenvalue weighted by molar-refractivity contribution is 7.19. The van der Waals surface area contributed by atoms with Gasteiger partial charge in [0.05, 0.1) is 12.5 Å². The summed E-state index contributed by atoms with van der Waals surface area (Å²) in [7, 11) is 1.20. The van der Waals surface area contributed by atoms with Gasteiger partial charge in [-0.25, -0.2) is 9.36 Å². The molecule has 31 heavy (non-hydrogen) atoms. The van der Waals surface area contributed by atoms with Crippen LogP contribution in [0.15, 0.2) is 39.9 Å². The number of aryl methyl sites for hydroxylation is 2. The van der Waals surface area contributed by atoms with Crippen LogP contribution in [0, 0.1) is 0 Å². The predicted molar refractivity (Wildman–Crippen MR) is 118 cm³/mol. The van der Waals surface area contributed by atoms with Crippen LogP contribution in [-0.2, 0) is 46.7 Å². The Bertz CT molecular complexity index is 1260. The van der Waals surface area contributed by atoms with Gasteiger partial charge in [-0.05, 0) is 36.8 Å². The zero-order chi connectivity index (χ0) is 22.0. The number of esters is 1. The van der Waals surface area contributed by atoms with E-state index in [-0.39, 0.29) is 12.5 Å². The van der Waals surface area contributed by atoms with Gasteiger partial charge in [-0.3, -0.25) is 19.0 Å². The van der Waals surface area contributed by atoms with Crippen LogP contribution in [0.2, 0.25) is 0 Å². The highest BCUT2D eigenvalue weighted by Gasteiger charge is 2.26. The predicted octanol–water partition coefficient (Wildman–Crippen LogP) is 1.25. The van der Waals surface area contributed by atoms with Crippen LogP contribution >= 0.6 is 11.3 Å². The molecule has 0 atom stereocenters. The molecule has 1 aliphatic carbocycles. The zero-order valence-corrected chi connectivity index (χ0v) is 18.0. The molecule has 0 bridgehead atoms. The molecule has 2 heterocycles. The largest absolute Gasteiger partial charge is 0.468 e. The Morgan fingerprint density at radius 3 is 2.61 bits per heavy atom. The van der Waals surface area contributed by atoms with E-state index in [1.165, 1.54) is 23.0 Å². The van der Waals surface area contributed by atoms with Crippen LogP contribution in [0.25, 0.3) is 10.2 Å². The smallest absolute Gasteiger partial charge is 0.333 e. The average Bonchev–Trinajstić information content (AvgIpc) is 3.36. The van der Waals surface area contributed by atoms with Crippen LogP contribution in [0.5, 0.6) is 0 Å². The first kappa shape index (κ1) is 21.0. The molecule has 0 saturated carbocycles. The van der Waals surface area contributed by atoms with Crippen molar-refractivity contribution < 1.29 is 14.3 Å². The van der Waals surface area contributed by atoms with E-state index < -0.39 is 23.8 Å². The van der Waals surface area contributed by atoms with Gasteiger partial charge in [-0.1, -0.05) is 30.3 Å². The number of nitrogens with one attached hydrogen (secondary N) is 1. The standard InChI is InChI=1S/C22H23N3O5S/c1-30-18(27)13-24-20(28)19-15-8-5-9-16(15)31-21(19)25(22(24)29)12-17(26)23-11-10-14-6-3-2-4-7-14/h2-4,6-7H,5,8-13H2,1H3,(H,23,26). The molecule has 0 saturated heterocycles. The Balaban J connectivity index is 1.64. The molecule has 0 fully saturated rings. The Kier molecular flexibility index (Phi) is 6.03. The molecule has 1 N–H and O–H groups in total. The van der Waals surface area contributed by atoms with Crippen molar-refractivity contribution in [3.8, 4) is 0 Å². The number of fused-ring (bicyclic) bond motifs is 3.